The lowest BCUT2D eigenvalue weighted by atomic mass is 10.1. The van der Waals surface area contributed by atoms with Crippen LogP contribution >= 0.6 is 0 Å². The fourth-order valence-corrected chi connectivity index (χ4v) is 1.91. The Morgan fingerprint density at radius 2 is 2.00 bits per heavy atom. The van der Waals surface area contributed by atoms with E-state index in [2.05, 4.69) is 17.2 Å². The number of benzene rings is 1. The van der Waals surface area contributed by atoms with Crippen LogP contribution in [-0.2, 0) is 6.42 Å². The average molecular weight is 270 g/mol. The number of anilines is 1. The quantitative estimate of drug-likeness (QED) is 0.875. The topological polar surface area (TPSA) is 62.2 Å². The molecule has 4 nitrogen and oxygen atoms in total. The van der Waals surface area contributed by atoms with E-state index < -0.39 is 0 Å². The van der Waals surface area contributed by atoms with Crippen molar-refractivity contribution in [3.8, 4) is 5.75 Å². The highest BCUT2D eigenvalue weighted by Gasteiger charge is 2.10. The summed E-state index contributed by atoms with van der Waals surface area (Å²) in [6.07, 6.45) is 6.11. The van der Waals surface area contributed by atoms with Crippen LogP contribution in [0.3, 0.4) is 0 Å². The van der Waals surface area contributed by atoms with Crippen LogP contribution in [0.15, 0.2) is 42.7 Å². The Morgan fingerprint density at radius 3 is 2.65 bits per heavy atom. The van der Waals surface area contributed by atoms with E-state index in [0.717, 1.165) is 12.8 Å². The minimum atomic E-state index is -0.341. The minimum absolute atomic E-state index is 0.121. The van der Waals surface area contributed by atoms with Crippen molar-refractivity contribution < 1.29 is 9.90 Å². The third-order valence-corrected chi connectivity index (χ3v) is 3.08. The Hall–Kier alpha value is -2.36. The number of nitrogens with zero attached hydrogens (tertiary/aromatic N) is 1. The fraction of sp³-hybridized carbons (Fsp3) is 0.250. The van der Waals surface area contributed by atoms with Gasteiger partial charge in [-0.1, -0.05) is 25.5 Å². The molecular formula is C16H18N2O2. The van der Waals surface area contributed by atoms with Gasteiger partial charge in [0.1, 0.15) is 5.75 Å². The number of rotatable bonds is 5. The van der Waals surface area contributed by atoms with E-state index in [4.69, 9.17) is 0 Å². The number of unbranched alkanes of at least 4 members (excludes halogenated alkanes) is 1. The number of hydrogen-bond donors (Lipinski definition) is 2. The van der Waals surface area contributed by atoms with Gasteiger partial charge >= 0.3 is 0 Å². The van der Waals surface area contributed by atoms with Crippen LogP contribution in [0.25, 0.3) is 0 Å². The number of aromatic nitrogens is 1. The van der Waals surface area contributed by atoms with E-state index in [0.29, 0.717) is 5.69 Å². The molecule has 1 heterocycles. The Labute approximate surface area is 118 Å². The summed E-state index contributed by atoms with van der Waals surface area (Å²) >= 11 is 0. The van der Waals surface area contributed by atoms with E-state index in [1.807, 2.05) is 24.3 Å². The van der Waals surface area contributed by atoms with Crippen LogP contribution in [-0.4, -0.2) is 16.0 Å². The van der Waals surface area contributed by atoms with Crippen molar-refractivity contribution in [3.05, 3.63) is 53.9 Å². The molecule has 0 radical (unpaired) electrons. The number of carbonyl (C=O) groups is 1. The summed E-state index contributed by atoms with van der Waals surface area (Å²) in [5, 5.41) is 12.3. The summed E-state index contributed by atoms with van der Waals surface area (Å²) < 4.78 is 0. The standard InChI is InChI=1S/C16H18N2O2/c1-2-3-4-12-5-7-13(8-6-12)18-16(20)14-9-10-17-11-15(14)19/h5-11,19H,2-4H2,1H3,(H,18,20). The summed E-state index contributed by atoms with van der Waals surface area (Å²) in [6.45, 7) is 2.16. The molecule has 0 atom stereocenters. The molecule has 0 aliphatic rings. The van der Waals surface area contributed by atoms with Gasteiger partial charge in [0.2, 0.25) is 0 Å². The number of carbonyl (C=O) groups excluding carboxylic acids is 1. The van der Waals surface area contributed by atoms with Gasteiger partial charge in [0.05, 0.1) is 11.8 Å². The van der Waals surface area contributed by atoms with Crippen molar-refractivity contribution in [1.82, 2.24) is 4.98 Å². The molecule has 104 valence electrons. The third-order valence-electron chi connectivity index (χ3n) is 3.08. The molecule has 0 bridgehead atoms. The van der Waals surface area contributed by atoms with Crippen molar-refractivity contribution in [2.75, 3.05) is 5.32 Å². The first-order valence-electron chi connectivity index (χ1n) is 6.74. The van der Waals surface area contributed by atoms with Crippen LogP contribution in [0.5, 0.6) is 5.75 Å². The van der Waals surface area contributed by atoms with Gasteiger partial charge in [-0.25, -0.2) is 0 Å². The zero-order valence-electron chi connectivity index (χ0n) is 11.5. The van der Waals surface area contributed by atoms with Gasteiger partial charge in [0, 0.05) is 11.9 Å². The second-order valence-corrected chi connectivity index (χ2v) is 4.65. The third kappa shape index (κ3) is 3.57. The maximum absolute atomic E-state index is 12.0. The van der Waals surface area contributed by atoms with Crippen LogP contribution < -0.4 is 5.32 Å². The fourth-order valence-electron chi connectivity index (χ4n) is 1.91. The first kappa shape index (κ1) is 14.1. The summed E-state index contributed by atoms with van der Waals surface area (Å²) in [6, 6.07) is 9.26. The number of hydrogen-bond acceptors (Lipinski definition) is 3. The summed E-state index contributed by atoms with van der Waals surface area (Å²) in [7, 11) is 0. The van der Waals surface area contributed by atoms with Crippen molar-refractivity contribution in [2.24, 2.45) is 0 Å². The molecule has 20 heavy (non-hydrogen) atoms. The molecule has 0 aliphatic heterocycles. The van der Waals surface area contributed by atoms with E-state index in [9.17, 15) is 9.90 Å². The number of nitrogens with one attached hydrogen (secondary N) is 1. The van der Waals surface area contributed by atoms with E-state index in [1.54, 1.807) is 0 Å². The molecular weight excluding hydrogens is 252 g/mol. The summed E-state index contributed by atoms with van der Waals surface area (Å²) in [4.78, 5) is 15.7. The maximum Gasteiger partial charge on any atom is 0.259 e. The van der Waals surface area contributed by atoms with Crippen LogP contribution in [0, 0.1) is 0 Å². The first-order chi connectivity index (χ1) is 9.70. The van der Waals surface area contributed by atoms with Crippen molar-refractivity contribution in [3.63, 3.8) is 0 Å². The molecule has 0 aliphatic carbocycles. The zero-order valence-corrected chi connectivity index (χ0v) is 11.5. The first-order valence-corrected chi connectivity index (χ1v) is 6.74. The molecule has 0 saturated heterocycles. The van der Waals surface area contributed by atoms with Gasteiger partial charge in [-0.3, -0.25) is 9.78 Å². The molecule has 1 amide bonds. The molecule has 2 aromatic rings. The SMILES string of the molecule is CCCCc1ccc(NC(=O)c2ccncc2O)cc1. The average Bonchev–Trinajstić information content (AvgIpc) is 2.47. The summed E-state index contributed by atoms with van der Waals surface area (Å²) in [5.41, 5.74) is 2.19. The van der Waals surface area contributed by atoms with Crippen LogP contribution in [0.4, 0.5) is 5.69 Å². The van der Waals surface area contributed by atoms with E-state index >= 15 is 0 Å². The molecule has 4 heteroatoms. The molecule has 0 fully saturated rings. The lowest BCUT2D eigenvalue weighted by Crippen LogP contribution is -2.12. The Kier molecular flexibility index (Phi) is 4.71. The lowest BCUT2D eigenvalue weighted by Gasteiger charge is -2.07. The highest BCUT2D eigenvalue weighted by molar-refractivity contribution is 6.05. The number of amides is 1. The summed E-state index contributed by atoms with van der Waals surface area (Å²) in [5.74, 6) is -0.462. The highest BCUT2D eigenvalue weighted by Crippen LogP contribution is 2.17. The van der Waals surface area contributed by atoms with Crippen molar-refractivity contribution >= 4 is 11.6 Å². The number of aromatic hydroxyl groups is 1. The van der Waals surface area contributed by atoms with Crippen LogP contribution in [0.2, 0.25) is 0 Å². The largest absolute Gasteiger partial charge is 0.505 e. The Balaban J connectivity index is 2.03. The van der Waals surface area contributed by atoms with Gasteiger partial charge in [0.25, 0.3) is 5.91 Å². The Morgan fingerprint density at radius 1 is 1.25 bits per heavy atom. The number of pyridine rings is 1. The lowest BCUT2D eigenvalue weighted by molar-refractivity contribution is 0.102. The smallest absolute Gasteiger partial charge is 0.259 e. The van der Waals surface area contributed by atoms with Crippen LogP contribution in [0.1, 0.15) is 35.7 Å². The van der Waals surface area contributed by atoms with Gasteiger partial charge in [0.15, 0.2) is 0 Å². The molecule has 1 aromatic heterocycles. The van der Waals surface area contributed by atoms with Gasteiger partial charge in [-0.15, -0.1) is 0 Å². The predicted molar refractivity (Wildman–Crippen MR) is 78.9 cm³/mol. The Bertz CT molecular complexity index is 579. The molecule has 2 rings (SSSR count). The van der Waals surface area contributed by atoms with Gasteiger partial charge < -0.3 is 10.4 Å². The highest BCUT2D eigenvalue weighted by atomic mass is 16.3. The molecule has 0 saturated carbocycles. The monoisotopic (exact) mass is 270 g/mol. The molecule has 0 spiro atoms. The number of aryl methyl sites for hydroxylation is 1. The minimum Gasteiger partial charge on any atom is -0.505 e. The molecule has 2 N–H and O–H groups in total. The van der Waals surface area contributed by atoms with E-state index in [1.165, 1.54) is 30.4 Å². The second-order valence-electron chi connectivity index (χ2n) is 4.65. The van der Waals surface area contributed by atoms with Crippen molar-refractivity contribution in [2.45, 2.75) is 26.2 Å². The normalized spacial score (nSPS) is 10.2. The second kappa shape index (κ2) is 6.70. The van der Waals surface area contributed by atoms with Gasteiger partial charge in [-0.2, -0.15) is 0 Å². The maximum atomic E-state index is 12.0. The van der Waals surface area contributed by atoms with Crippen molar-refractivity contribution in [1.29, 1.82) is 0 Å². The van der Waals surface area contributed by atoms with Gasteiger partial charge in [-0.05, 0) is 36.6 Å². The predicted octanol–water partition coefficient (Wildman–Crippen LogP) is 3.38. The molecule has 1 aromatic carbocycles. The molecule has 0 unspecified atom stereocenters. The van der Waals surface area contributed by atoms with E-state index in [-0.39, 0.29) is 17.2 Å². The zero-order chi connectivity index (χ0) is 14.4.